The Morgan fingerprint density at radius 3 is 2.60 bits per heavy atom. The SMILES string of the molecule is CCCCCC1CCC(c2cc(F)c(C(=O)O)[nH]2)CC1. The summed E-state index contributed by atoms with van der Waals surface area (Å²) >= 11 is 0. The number of aromatic nitrogens is 1. The Labute approximate surface area is 119 Å². The lowest BCUT2D eigenvalue weighted by atomic mass is 9.78. The number of halogens is 1. The number of hydrogen-bond donors (Lipinski definition) is 2. The molecule has 2 rings (SSSR count). The molecule has 2 N–H and O–H groups in total. The standard InChI is InChI=1S/C16H24FNO2/c1-2-3-4-5-11-6-8-12(9-7-11)14-10-13(17)15(18-14)16(19)20/h10-12,18H,2-9H2,1H3,(H,19,20). The highest BCUT2D eigenvalue weighted by atomic mass is 19.1. The quantitative estimate of drug-likeness (QED) is 0.742. The molecule has 3 nitrogen and oxygen atoms in total. The maximum Gasteiger partial charge on any atom is 0.355 e. The van der Waals surface area contributed by atoms with Crippen LogP contribution in [0.3, 0.4) is 0 Å². The average molecular weight is 281 g/mol. The Kier molecular flexibility index (Phi) is 5.21. The third kappa shape index (κ3) is 3.62. The highest BCUT2D eigenvalue weighted by molar-refractivity contribution is 5.85. The van der Waals surface area contributed by atoms with Gasteiger partial charge in [-0.25, -0.2) is 9.18 Å². The van der Waals surface area contributed by atoms with Crippen LogP contribution in [0, 0.1) is 11.7 Å². The largest absolute Gasteiger partial charge is 0.476 e. The Hall–Kier alpha value is -1.32. The number of unbranched alkanes of at least 4 members (excludes halogenated alkanes) is 2. The van der Waals surface area contributed by atoms with Crippen LogP contribution in [0.1, 0.15) is 80.4 Å². The monoisotopic (exact) mass is 281 g/mol. The molecule has 20 heavy (non-hydrogen) atoms. The van der Waals surface area contributed by atoms with E-state index in [9.17, 15) is 9.18 Å². The molecule has 4 heteroatoms. The number of rotatable bonds is 6. The first kappa shape index (κ1) is 15.1. The van der Waals surface area contributed by atoms with Crippen LogP contribution in [0.25, 0.3) is 0 Å². The van der Waals surface area contributed by atoms with Crippen LogP contribution in [0.15, 0.2) is 6.07 Å². The van der Waals surface area contributed by atoms with E-state index in [0.29, 0.717) is 5.92 Å². The Bertz CT molecular complexity index is 447. The van der Waals surface area contributed by atoms with Crippen LogP contribution in [-0.4, -0.2) is 16.1 Å². The molecule has 1 saturated carbocycles. The van der Waals surface area contributed by atoms with E-state index in [2.05, 4.69) is 11.9 Å². The van der Waals surface area contributed by atoms with Crippen molar-refractivity contribution in [3.8, 4) is 0 Å². The zero-order valence-corrected chi connectivity index (χ0v) is 12.1. The summed E-state index contributed by atoms with van der Waals surface area (Å²) in [6.45, 7) is 2.22. The molecule has 1 aromatic heterocycles. The molecule has 0 atom stereocenters. The van der Waals surface area contributed by atoms with Gasteiger partial charge < -0.3 is 10.1 Å². The van der Waals surface area contributed by atoms with Crippen molar-refractivity contribution in [1.29, 1.82) is 0 Å². The number of H-pyrrole nitrogens is 1. The third-order valence-electron chi connectivity index (χ3n) is 4.51. The number of nitrogens with one attached hydrogen (secondary N) is 1. The Balaban J connectivity index is 1.87. The van der Waals surface area contributed by atoms with Crippen molar-refractivity contribution in [3.63, 3.8) is 0 Å². The first-order valence-corrected chi connectivity index (χ1v) is 7.73. The molecular weight excluding hydrogens is 257 g/mol. The van der Waals surface area contributed by atoms with Crippen LogP contribution < -0.4 is 0 Å². The van der Waals surface area contributed by atoms with Crippen molar-refractivity contribution in [2.24, 2.45) is 5.92 Å². The van der Waals surface area contributed by atoms with Gasteiger partial charge in [0.15, 0.2) is 11.5 Å². The highest BCUT2D eigenvalue weighted by Crippen LogP contribution is 2.37. The molecule has 1 aromatic rings. The van der Waals surface area contributed by atoms with E-state index in [-0.39, 0.29) is 5.69 Å². The van der Waals surface area contributed by atoms with Gasteiger partial charge in [-0.05, 0) is 43.6 Å². The predicted molar refractivity (Wildman–Crippen MR) is 76.6 cm³/mol. The van der Waals surface area contributed by atoms with E-state index in [1.165, 1.54) is 44.6 Å². The molecule has 0 aromatic carbocycles. The number of aromatic amines is 1. The van der Waals surface area contributed by atoms with E-state index < -0.39 is 11.8 Å². The van der Waals surface area contributed by atoms with E-state index in [1.807, 2.05) is 0 Å². The second-order valence-electron chi connectivity index (χ2n) is 5.97. The van der Waals surface area contributed by atoms with Gasteiger partial charge >= 0.3 is 5.97 Å². The Morgan fingerprint density at radius 1 is 1.35 bits per heavy atom. The van der Waals surface area contributed by atoms with Gasteiger partial charge in [-0.3, -0.25) is 0 Å². The molecular formula is C16H24FNO2. The topological polar surface area (TPSA) is 53.1 Å². The average Bonchev–Trinajstić information content (AvgIpc) is 2.82. The molecule has 0 bridgehead atoms. The maximum atomic E-state index is 13.5. The van der Waals surface area contributed by atoms with Crippen molar-refractivity contribution in [2.45, 2.75) is 64.2 Å². The minimum Gasteiger partial charge on any atom is -0.476 e. The van der Waals surface area contributed by atoms with Crippen LogP contribution >= 0.6 is 0 Å². The van der Waals surface area contributed by atoms with E-state index >= 15 is 0 Å². The lowest BCUT2D eigenvalue weighted by molar-refractivity contribution is 0.0686. The molecule has 0 radical (unpaired) electrons. The van der Waals surface area contributed by atoms with Crippen molar-refractivity contribution in [1.82, 2.24) is 4.98 Å². The molecule has 1 fully saturated rings. The van der Waals surface area contributed by atoms with E-state index in [4.69, 9.17) is 5.11 Å². The van der Waals surface area contributed by atoms with Gasteiger partial charge in [-0.15, -0.1) is 0 Å². The van der Waals surface area contributed by atoms with Crippen molar-refractivity contribution >= 4 is 5.97 Å². The molecule has 0 amide bonds. The molecule has 1 aliphatic rings. The van der Waals surface area contributed by atoms with Crippen LogP contribution in [-0.2, 0) is 0 Å². The zero-order chi connectivity index (χ0) is 14.5. The molecule has 0 spiro atoms. The van der Waals surface area contributed by atoms with Gasteiger partial charge in [0.2, 0.25) is 0 Å². The third-order valence-corrected chi connectivity index (χ3v) is 4.51. The van der Waals surface area contributed by atoms with Crippen molar-refractivity contribution in [3.05, 3.63) is 23.3 Å². The Morgan fingerprint density at radius 2 is 2.05 bits per heavy atom. The number of carboxylic acids is 1. The van der Waals surface area contributed by atoms with Gasteiger partial charge in [-0.1, -0.05) is 32.6 Å². The number of hydrogen-bond acceptors (Lipinski definition) is 1. The van der Waals surface area contributed by atoms with Gasteiger partial charge in [0.25, 0.3) is 0 Å². The normalized spacial score (nSPS) is 22.9. The molecule has 0 unspecified atom stereocenters. The van der Waals surface area contributed by atoms with E-state index in [1.54, 1.807) is 0 Å². The first-order valence-electron chi connectivity index (χ1n) is 7.73. The zero-order valence-electron chi connectivity index (χ0n) is 12.1. The summed E-state index contributed by atoms with van der Waals surface area (Å²) in [4.78, 5) is 13.6. The summed E-state index contributed by atoms with van der Waals surface area (Å²) < 4.78 is 13.5. The van der Waals surface area contributed by atoms with Crippen molar-refractivity contribution < 1.29 is 14.3 Å². The summed E-state index contributed by atoms with van der Waals surface area (Å²) in [5.74, 6) is -0.767. The number of aromatic carboxylic acids is 1. The second kappa shape index (κ2) is 6.91. The number of carbonyl (C=O) groups is 1. The van der Waals surface area contributed by atoms with Gasteiger partial charge in [-0.2, -0.15) is 0 Å². The fourth-order valence-electron chi connectivity index (χ4n) is 3.27. The van der Waals surface area contributed by atoms with Gasteiger partial charge in [0.05, 0.1) is 0 Å². The molecule has 1 aliphatic carbocycles. The second-order valence-corrected chi connectivity index (χ2v) is 5.97. The molecule has 1 heterocycles. The molecule has 112 valence electrons. The molecule has 0 aliphatic heterocycles. The summed E-state index contributed by atoms with van der Waals surface area (Å²) in [7, 11) is 0. The predicted octanol–water partition coefficient (Wildman–Crippen LogP) is 4.71. The minimum absolute atomic E-state index is 0.292. The van der Waals surface area contributed by atoms with Crippen LogP contribution in [0.2, 0.25) is 0 Å². The lowest BCUT2D eigenvalue weighted by Gasteiger charge is -2.28. The fourth-order valence-corrected chi connectivity index (χ4v) is 3.27. The van der Waals surface area contributed by atoms with E-state index in [0.717, 1.165) is 24.5 Å². The summed E-state index contributed by atoms with van der Waals surface area (Å²) in [6, 6.07) is 1.37. The smallest absolute Gasteiger partial charge is 0.355 e. The van der Waals surface area contributed by atoms with Crippen molar-refractivity contribution in [2.75, 3.05) is 0 Å². The summed E-state index contributed by atoms with van der Waals surface area (Å²) in [6.07, 6.45) is 9.62. The van der Waals surface area contributed by atoms with Gasteiger partial charge in [0.1, 0.15) is 0 Å². The lowest BCUT2D eigenvalue weighted by Crippen LogP contribution is -2.14. The maximum absolute atomic E-state index is 13.5. The van der Waals surface area contributed by atoms with Crippen LogP contribution in [0.5, 0.6) is 0 Å². The van der Waals surface area contributed by atoms with Gasteiger partial charge in [0, 0.05) is 5.69 Å². The molecule has 0 saturated heterocycles. The highest BCUT2D eigenvalue weighted by Gasteiger charge is 2.25. The minimum atomic E-state index is -1.22. The fraction of sp³-hybridized carbons (Fsp3) is 0.688. The van der Waals surface area contributed by atoms with Crippen LogP contribution in [0.4, 0.5) is 4.39 Å². The number of carboxylic acid groups (broad SMARTS) is 1. The summed E-state index contributed by atoms with van der Waals surface area (Å²) in [5, 5.41) is 8.87. The first-order chi connectivity index (χ1) is 9.61. The summed E-state index contributed by atoms with van der Waals surface area (Å²) in [5.41, 5.74) is 0.456.